The van der Waals surface area contributed by atoms with Gasteiger partial charge in [-0.25, -0.2) is 9.38 Å². The molecule has 0 aliphatic heterocycles. The molecule has 2 aliphatic rings. The van der Waals surface area contributed by atoms with E-state index in [0.717, 1.165) is 31.4 Å². The Morgan fingerprint density at radius 3 is 2.61 bits per heavy atom. The molecule has 0 spiro atoms. The monoisotopic (exact) mass is 519 g/mol. The number of rotatable bonds is 9. The van der Waals surface area contributed by atoms with E-state index in [9.17, 15) is 9.59 Å². The van der Waals surface area contributed by atoms with Crippen molar-refractivity contribution in [2.75, 3.05) is 5.32 Å². The van der Waals surface area contributed by atoms with Crippen LogP contribution in [0, 0.1) is 42.8 Å². The first-order valence-corrected chi connectivity index (χ1v) is 13.2. The molecule has 0 radical (unpaired) electrons. The number of pyridine rings is 1. The maximum atomic E-state index is 15.1. The zero-order valence-corrected chi connectivity index (χ0v) is 22.5. The van der Waals surface area contributed by atoms with Gasteiger partial charge in [-0.3, -0.25) is 24.4 Å². The summed E-state index contributed by atoms with van der Waals surface area (Å²) in [5.74, 6) is -1.46. The topological polar surface area (TPSA) is 118 Å². The third kappa shape index (κ3) is 5.04. The molecule has 38 heavy (non-hydrogen) atoms. The molecule has 0 aromatic carbocycles. The molecule has 2 fully saturated rings. The SMILES string of the molecule is Cc1n[nH]c(C)c1-c1ncc(NC(=O)C(C=NC(=O)c2ccnn2C(C)C)C(C2CC2)C2(C)CC2)cc1F. The molecular formula is C28H34FN7O2. The zero-order valence-electron chi connectivity index (χ0n) is 22.5. The number of H-pyrrole nitrogens is 1. The van der Waals surface area contributed by atoms with Crippen molar-refractivity contribution in [3.8, 4) is 11.3 Å². The van der Waals surface area contributed by atoms with Gasteiger partial charge in [0.2, 0.25) is 5.91 Å². The lowest BCUT2D eigenvalue weighted by atomic mass is 9.76. The van der Waals surface area contributed by atoms with Crippen molar-refractivity contribution in [2.24, 2.45) is 28.2 Å². The number of aromatic amines is 1. The maximum Gasteiger partial charge on any atom is 0.294 e. The molecule has 2 atom stereocenters. The molecule has 2 amide bonds. The van der Waals surface area contributed by atoms with Crippen molar-refractivity contribution in [1.82, 2.24) is 25.0 Å². The Hall–Kier alpha value is -3.69. The molecule has 0 saturated heterocycles. The van der Waals surface area contributed by atoms with Gasteiger partial charge in [0.15, 0.2) is 5.82 Å². The maximum absolute atomic E-state index is 15.1. The van der Waals surface area contributed by atoms with E-state index in [1.54, 1.807) is 23.9 Å². The number of amides is 2. The lowest BCUT2D eigenvalue weighted by Gasteiger charge is -2.29. The number of nitrogens with zero attached hydrogens (tertiary/aromatic N) is 5. The van der Waals surface area contributed by atoms with Crippen LogP contribution in [0.1, 0.15) is 74.4 Å². The number of aliphatic imine (C=N–C) groups is 1. The first-order chi connectivity index (χ1) is 18.1. The van der Waals surface area contributed by atoms with Crippen molar-refractivity contribution in [3.63, 3.8) is 0 Å². The van der Waals surface area contributed by atoms with Crippen LogP contribution in [0.4, 0.5) is 10.1 Å². The summed E-state index contributed by atoms with van der Waals surface area (Å²) < 4.78 is 16.7. The second-order valence-electron chi connectivity index (χ2n) is 11.2. The molecule has 2 unspecified atom stereocenters. The Morgan fingerprint density at radius 2 is 2.03 bits per heavy atom. The van der Waals surface area contributed by atoms with Gasteiger partial charge < -0.3 is 5.32 Å². The van der Waals surface area contributed by atoms with Crippen LogP contribution in [0.3, 0.4) is 0 Å². The number of nitrogens with one attached hydrogen (secondary N) is 2. The molecule has 5 rings (SSSR count). The van der Waals surface area contributed by atoms with Crippen LogP contribution in [0.5, 0.6) is 0 Å². The average molecular weight is 520 g/mol. The summed E-state index contributed by atoms with van der Waals surface area (Å²) in [6, 6.07) is 2.91. The van der Waals surface area contributed by atoms with Gasteiger partial charge in [0.25, 0.3) is 5.91 Å². The minimum Gasteiger partial charge on any atom is -0.324 e. The predicted molar refractivity (Wildman–Crippen MR) is 142 cm³/mol. The Bertz CT molecular complexity index is 1380. The van der Waals surface area contributed by atoms with Gasteiger partial charge in [0, 0.05) is 35.8 Å². The van der Waals surface area contributed by atoms with Crippen LogP contribution < -0.4 is 5.32 Å². The van der Waals surface area contributed by atoms with Gasteiger partial charge in [0.05, 0.1) is 23.5 Å². The van der Waals surface area contributed by atoms with Crippen molar-refractivity contribution < 1.29 is 14.0 Å². The summed E-state index contributed by atoms with van der Waals surface area (Å²) in [6.07, 6.45) is 8.71. The van der Waals surface area contributed by atoms with E-state index in [-0.39, 0.29) is 34.7 Å². The summed E-state index contributed by atoms with van der Waals surface area (Å²) in [4.78, 5) is 35.2. The predicted octanol–water partition coefficient (Wildman–Crippen LogP) is 5.30. The van der Waals surface area contributed by atoms with Crippen molar-refractivity contribution in [2.45, 2.75) is 66.3 Å². The Labute approximate surface area is 221 Å². The highest BCUT2D eigenvalue weighted by molar-refractivity contribution is 6.06. The molecule has 10 heteroatoms. The Balaban J connectivity index is 1.41. The molecule has 3 aromatic heterocycles. The molecule has 9 nitrogen and oxygen atoms in total. The quantitative estimate of drug-likeness (QED) is 0.372. The van der Waals surface area contributed by atoms with E-state index in [1.165, 1.54) is 18.5 Å². The lowest BCUT2D eigenvalue weighted by Crippen LogP contribution is -2.36. The summed E-state index contributed by atoms with van der Waals surface area (Å²) in [6.45, 7) is 9.67. The van der Waals surface area contributed by atoms with Crippen LogP contribution in [0.25, 0.3) is 11.3 Å². The fraction of sp³-hybridized carbons (Fsp3) is 0.500. The minimum atomic E-state index is -0.629. The fourth-order valence-corrected chi connectivity index (χ4v) is 5.53. The van der Waals surface area contributed by atoms with Gasteiger partial charge in [0.1, 0.15) is 11.4 Å². The summed E-state index contributed by atoms with van der Waals surface area (Å²) >= 11 is 0. The Kier molecular flexibility index (Phi) is 6.75. The number of halogens is 1. The van der Waals surface area contributed by atoms with Crippen molar-refractivity contribution >= 4 is 23.7 Å². The van der Waals surface area contributed by atoms with Crippen LogP contribution in [-0.4, -0.2) is 43.0 Å². The number of anilines is 1. The average Bonchev–Trinajstić information content (AvgIpc) is 3.76. The minimum absolute atomic E-state index is 0.00262. The smallest absolute Gasteiger partial charge is 0.294 e. The van der Waals surface area contributed by atoms with E-state index in [2.05, 4.69) is 37.5 Å². The molecule has 2 saturated carbocycles. The van der Waals surface area contributed by atoms with E-state index < -0.39 is 17.6 Å². The first kappa shape index (κ1) is 25.9. The molecule has 0 bridgehead atoms. The largest absolute Gasteiger partial charge is 0.324 e. The van der Waals surface area contributed by atoms with Crippen LogP contribution in [-0.2, 0) is 4.79 Å². The number of aryl methyl sites for hydroxylation is 2. The summed E-state index contributed by atoms with van der Waals surface area (Å²) in [7, 11) is 0. The summed E-state index contributed by atoms with van der Waals surface area (Å²) in [5.41, 5.74) is 2.82. The van der Waals surface area contributed by atoms with Crippen molar-refractivity contribution in [3.05, 3.63) is 47.4 Å². The molecule has 2 aliphatic carbocycles. The number of aromatic nitrogens is 5. The first-order valence-electron chi connectivity index (χ1n) is 13.2. The normalized spacial score (nSPS) is 18.1. The van der Waals surface area contributed by atoms with Gasteiger partial charge >= 0.3 is 0 Å². The van der Waals surface area contributed by atoms with E-state index in [0.29, 0.717) is 22.9 Å². The summed E-state index contributed by atoms with van der Waals surface area (Å²) in [5, 5.41) is 14.0. The highest BCUT2D eigenvalue weighted by atomic mass is 19.1. The standard InChI is InChI=1S/C28H34FN7O2/c1-15(2)36-22(8-11-32-36)27(38)31-14-20(24(18-6-7-18)28(5)9-10-28)26(37)33-19-12-21(29)25(30-13-19)23-16(3)34-35-17(23)4/h8,11-15,18,20,24H,6-7,9-10H2,1-5H3,(H,33,37)(H,34,35). The van der Waals surface area contributed by atoms with Crippen LogP contribution in [0.2, 0.25) is 0 Å². The van der Waals surface area contributed by atoms with Gasteiger partial charge in [-0.1, -0.05) is 6.92 Å². The second-order valence-corrected chi connectivity index (χ2v) is 11.2. The highest BCUT2D eigenvalue weighted by Gasteiger charge is 2.55. The number of carbonyl (C=O) groups excluding carboxylic acids is 2. The van der Waals surface area contributed by atoms with E-state index in [1.807, 2.05) is 20.8 Å². The van der Waals surface area contributed by atoms with Gasteiger partial charge in [-0.2, -0.15) is 10.2 Å². The lowest BCUT2D eigenvalue weighted by molar-refractivity contribution is -0.120. The van der Waals surface area contributed by atoms with Crippen LogP contribution >= 0.6 is 0 Å². The van der Waals surface area contributed by atoms with Crippen LogP contribution in [0.15, 0.2) is 29.5 Å². The molecule has 3 heterocycles. The van der Waals surface area contributed by atoms with Gasteiger partial charge in [-0.15, -0.1) is 0 Å². The molecule has 3 aromatic rings. The molecular weight excluding hydrogens is 485 g/mol. The highest BCUT2D eigenvalue weighted by Crippen LogP contribution is 2.61. The van der Waals surface area contributed by atoms with Gasteiger partial charge in [-0.05, 0) is 76.7 Å². The number of carbonyl (C=O) groups is 2. The molecule has 2 N–H and O–H groups in total. The van der Waals surface area contributed by atoms with Crippen molar-refractivity contribution in [1.29, 1.82) is 0 Å². The van der Waals surface area contributed by atoms with E-state index >= 15 is 4.39 Å². The number of hydrogen-bond donors (Lipinski definition) is 2. The third-order valence-electron chi connectivity index (χ3n) is 7.87. The van der Waals surface area contributed by atoms with E-state index in [4.69, 9.17) is 0 Å². The second kappa shape index (κ2) is 9.89. The zero-order chi connectivity index (χ0) is 27.2. The molecule has 200 valence electrons. The number of hydrogen-bond acceptors (Lipinski definition) is 5. The third-order valence-corrected chi connectivity index (χ3v) is 7.87. The fourth-order valence-electron chi connectivity index (χ4n) is 5.53. The Morgan fingerprint density at radius 1 is 1.29 bits per heavy atom.